The summed E-state index contributed by atoms with van der Waals surface area (Å²) in [5.41, 5.74) is 0.597. The highest BCUT2D eigenvalue weighted by atomic mass is 16.6. The van der Waals surface area contributed by atoms with Crippen LogP contribution < -0.4 is 14.8 Å². The summed E-state index contributed by atoms with van der Waals surface area (Å²) in [6.45, 7) is 11.5. The first kappa shape index (κ1) is 32.0. The van der Waals surface area contributed by atoms with Crippen molar-refractivity contribution in [1.29, 1.82) is 0 Å². The van der Waals surface area contributed by atoms with E-state index in [0.717, 1.165) is 67.8 Å². The van der Waals surface area contributed by atoms with E-state index >= 15 is 0 Å². The number of methoxy groups -OCH3 is 1. The van der Waals surface area contributed by atoms with Gasteiger partial charge in [-0.05, 0) is 81.9 Å². The Morgan fingerprint density at radius 2 is 1.86 bits per heavy atom. The largest absolute Gasteiger partial charge is 0.497 e. The molecule has 1 aromatic carbocycles. The lowest BCUT2D eigenvalue weighted by Crippen LogP contribution is -2.57. The number of aromatic nitrogens is 1. The van der Waals surface area contributed by atoms with Crippen molar-refractivity contribution in [1.82, 2.24) is 15.2 Å². The second-order valence-corrected chi connectivity index (χ2v) is 14.4. The van der Waals surface area contributed by atoms with E-state index in [1.165, 1.54) is 6.92 Å². The molecule has 3 aliphatic rings. The quantitative estimate of drug-likeness (QED) is 0.431. The molecule has 2 amide bonds. The normalized spacial score (nSPS) is 30.3. The Balaban J connectivity index is 1.54. The zero-order valence-electron chi connectivity index (χ0n) is 27.4. The number of pyridine rings is 1. The van der Waals surface area contributed by atoms with Crippen LogP contribution in [0.15, 0.2) is 24.3 Å². The van der Waals surface area contributed by atoms with Crippen LogP contribution in [0.2, 0.25) is 0 Å². The van der Waals surface area contributed by atoms with Gasteiger partial charge in [-0.3, -0.25) is 9.59 Å². The number of ether oxygens (including phenoxy) is 3. The molecule has 9 heteroatoms. The monoisotopic (exact) mass is 607 g/mol. The molecule has 0 spiro atoms. The molecule has 240 valence electrons. The number of fused-ring (bicyclic) bond motifs is 5. The maximum atomic E-state index is 14.3. The standard InChI is InChI=1S/C35H49N3O6/c1-21-28-20-38(29(21)22(2)39)32(40)30(34(3,4)5)37-33(41)44-35(6)17-11-14-25(35)13-10-8-9-12-24-18-23-15-16-26(42-7)19-27(23)36-31(24)43-28/h15-16,18-19,21,25,28-30H,8-14,17,20H2,1-7H3,(H,37,41)/t21-,25-,28+,29+,30-,35-/m1/s1. The lowest BCUT2D eigenvalue weighted by Gasteiger charge is -2.37. The number of hydrogen-bond donors (Lipinski definition) is 1. The van der Waals surface area contributed by atoms with Crippen LogP contribution in [0.3, 0.4) is 0 Å². The molecule has 9 nitrogen and oxygen atoms in total. The number of amides is 2. The van der Waals surface area contributed by atoms with E-state index in [2.05, 4.69) is 11.4 Å². The van der Waals surface area contributed by atoms with Gasteiger partial charge in [-0.1, -0.05) is 40.5 Å². The van der Waals surface area contributed by atoms with Gasteiger partial charge in [0.15, 0.2) is 5.78 Å². The van der Waals surface area contributed by atoms with Crippen molar-refractivity contribution < 1.29 is 28.6 Å². The molecule has 1 saturated carbocycles. The molecular formula is C35H49N3O6. The minimum atomic E-state index is -0.882. The predicted molar refractivity (Wildman–Crippen MR) is 169 cm³/mol. The van der Waals surface area contributed by atoms with Crippen molar-refractivity contribution in [3.05, 3.63) is 29.8 Å². The van der Waals surface area contributed by atoms with Gasteiger partial charge >= 0.3 is 6.09 Å². The molecule has 2 bridgehead atoms. The number of nitrogens with one attached hydrogen (secondary N) is 1. The van der Waals surface area contributed by atoms with E-state index in [0.29, 0.717) is 11.6 Å². The highest BCUT2D eigenvalue weighted by Gasteiger charge is 2.50. The molecule has 0 unspecified atom stereocenters. The van der Waals surface area contributed by atoms with Crippen molar-refractivity contribution in [3.8, 4) is 11.6 Å². The Kier molecular flexibility index (Phi) is 9.15. The number of aryl methyl sites for hydroxylation is 1. The molecule has 3 heterocycles. The first-order chi connectivity index (χ1) is 20.8. The van der Waals surface area contributed by atoms with Gasteiger partial charge in [0.05, 0.1) is 25.2 Å². The second kappa shape index (κ2) is 12.6. The zero-order valence-corrected chi connectivity index (χ0v) is 27.4. The van der Waals surface area contributed by atoms with E-state index in [1.807, 2.05) is 52.8 Å². The molecule has 1 saturated heterocycles. The average molecular weight is 608 g/mol. The molecule has 5 rings (SSSR count). The summed E-state index contributed by atoms with van der Waals surface area (Å²) in [5.74, 6) is 0.826. The van der Waals surface area contributed by atoms with E-state index in [1.54, 1.807) is 12.0 Å². The van der Waals surface area contributed by atoms with Gasteiger partial charge in [0, 0.05) is 22.9 Å². The number of rotatable bonds is 2. The van der Waals surface area contributed by atoms with E-state index < -0.39 is 35.3 Å². The predicted octanol–water partition coefficient (Wildman–Crippen LogP) is 6.24. The lowest BCUT2D eigenvalue weighted by atomic mass is 9.85. The minimum absolute atomic E-state index is 0.115. The zero-order chi connectivity index (χ0) is 31.8. The second-order valence-electron chi connectivity index (χ2n) is 14.4. The van der Waals surface area contributed by atoms with E-state index in [9.17, 15) is 14.4 Å². The van der Waals surface area contributed by atoms with Crippen LogP contribution in [0.4, 0.5) is 4.79 Å². The van der Waals surface area contributed by atoms with Gasteiger partial charge in [-0.15, -0.1) is 0 Å². The summed E-state index contributed by atoms with van der Waals surface area (Å²) in [6.07, 6.45) is 6.66. The first-order valence-corrected chi connectivity index (χ1v) is 16.3. The number of carbonyl (C=O) groups excluding carboxylic acids is 3. The third-order valence-electron chi connectivity index (χ3n) is 10.1. The summed E-state index contributed by atoms with van der Waals surface area (Å²) in [5, 5.41) is 3.93. The molecule has 1 aromatic heterocycles. The summed E-state index contributed by atoms with van der Waals surface area (Å²) in [7, 11) is 1.63. The topological polar surface area (TPSA) is 107 Å². The van der Waals surface area contributed by atoms with Crippen LogP contribution >= 0.6 is 0 Å². The van der Waals surface area contributed by atoms with Crippen LogP contribution in [0.5, 0.6) is 11.6 Å². The lowest BCUT2D eigenvalue weighted by molar-refractivity contribution is -0.141. The van der Waals surface area contributed by atoms with E-state index in [-0.39, 0.29) is 30.1 Å². The smallest absolute Gasteiger partial charge is 0.408 e. The molecular weight excluding hydrogens is 558 g/mol. The molecule has 44 heavy (non-hydrogen) atoms. The highest BCUT2D eigenvalue weighted by molar-refractivity contribution is 5.92. The fraction of sp³-hybridized carbons (Fsp3) is 0.657. The van der Waals surface area contributed by atoms with Gasteiger partial charge in [0.2, 0.25) is 11.8 Å². The van der Waals surface area contributed by atoms with Crippen molar-refractivity contribution in [2.24, 2.45) is 17.3 Å². The van der Waals surface area contributed by atoms with Crippen molar-refractivity contribution in [3.63, 3.8) is 0 Å². The number of hydrogen-bond acceptors (Lipinski definition) is 7. The minimum Gasteiger partial charge on any atom is -0.497 e. The van der Waals surface area contributed by atoms with Gasteiger partial charge in [-0.2, -0.15) is 0 Å². The third kappa shape index (κ3) is 6.52. The van der Waals surface area contributed by atoms with Crippen LogP contribution in [-0.2, 0) is 20.7 Å². The van der Waals surface area contributed by atoms with Crippen molar-refractivity contribution >= 4 is 28.7 Å². The van der Waals surface area contributed by atoms with Crippen molar-refractivity contribution in [2.75, 3.05) is 13.7 Å². The van der Waals surface area contributed by atoms with Crippen LogP contribution in [-0.4, -0.2) is 65.1 Å². The average Bonchev–Trinajstić information content (AvgIpc) is 3.48. The Labute approximate surface area is 261 Å². The number of carbonyl (C=O) groups is 3. The number of nitrogens with zero attached hydrogens (tertiary/aromatic N) is 2. The number of Topliss-reactive ketones (excluding diaryl/α,β-unsaturated/α-hetero) is 1. The van der Waals surface area contributed by atoms with Gasteiger partial charge < -0.3 is 24.4 Å². The number of ketones is 1. The fourth-order valence-electron chi connectivity index (χ4n) is 7.50. The Morgan fingerprint density at radius 3 is 2.57 bits per heavy atom. The SMILES string of the molecule is COc1ccc2cc3c(nc2c1)O[C@H]1CN(C(=O)[C@H](C(C)(C)C)NC(=O)O[C@]2(C)CCC[C@H]2CCCCC3)[C@H](C(C)=O)[C@@H]1C. The van der Waals surface area contributed by atoms with Crippen LogP contribution in [0.1, 0.15) is 92.1 Å². The van der Waals surface area contributed by atoms with Gasteiger partial charge in [0.25, 0.3) is 0 Å². The number of alkyl carbamates (subject to hydrolysis) is 1. The summed E-state index contributed by atoms with van der Waals surface area (Å²) in [4.78, 5) is 47.2. The molecule has 2 fully saturated rings. The molecule has 2 aliphatic heterocycles. The molecule has 6 atom stereocenters. The molecule has 1 aliphatic carbocycles. The first-order valence-electron chi connectivity index (χ1n) is 16.3. The Hall–Kier alpha value is -3.36. The highest BCUT2D eigenvalue weighted by Crippen LogP contribution is 2.42. The van der Waals surface area contributed by atoms with Gasteiger partial charge in [0.1, 0.15) is 23.5 Å². The molecule has 0 radical (unpaired) electrons. The van der Waals surface area contributed by atoms with Crippen LogP contribution in [0, 0.1) is 17.3 Å². The maximum absolute atomic E-state index is 14.3. The third-order valence-corrected chi connectivity index (χ3v) is 10.1. The summed E-state index contributed by atoms with van der Waals surface area (Å²) >= 11 is 0. The Morgan fingerprint density at radius 1 is 1.11 bits per heavy atom. The fourth-order valence-corrected chi connectivity index (χ4v) is 7.50. The van der Waals surface area contributed by atoms with Crippen molar-refractivity contribution in [2.45, 2.75) is 117 Å². The summed E-state index contributed by atoms with van der Waals surface area (Å²) < 4.78 is 18.2. The Bertz CT molecular complexity index is 1400. The molecule has 2 aromatic rings. The van der Waals surface area contributed by atoms with Crippen LogP contribution in [0.25, 0.3) is 10.9 Å². The summed E-state index contributed by atoms with van der Waals surface area (Å²) in [6, 6.07) is 6.43. The number of benzene rings is 1. The maximum Gasteiger partial charge on any atom is 0.408 e. The molecule has 1 N–H and O–H groups in total. The van der Waals surface area contributed by atoms with E-state index in [4.69, 9.17) is 19.2 Å². The van der Waals surface area contributed by atoms with Gasteiger partial charge in [-0.25, -0.2) is 9.78 Å².